The highest BCUT2D eigenvalue weighted by Crippen LogP contribution is 2.21. The predicted molar refractivity (Wildman–Crippen MR) is 77.7 cm³/mol. The van der Waals surface area contributed by atoms with Crippen LogP contribution in [-0.2, 0) is 11.3 Å². The van der Waals surface area contributed by atoms with E-state index in [0.717, 1.165) is 22.2 Å². The molecule has 5 nitrogen and oxygen atoms in total. The molecule has 3 amide bonds. The Morgan fingerprint density at radius 3 is 3.00 bits per heavy atom. The first-order chi connectivity index (χ1) is 9.06. The topological polar surface area (TPSA) is 75.4 Å². The lowest BCUT2D eigenvalue weighted by atomic mass is 9.97. The van der Waals surface area contributed by atoms with Gasteiger partial charge in [0, 0.05) is 19.6 Å². The summed E-state index contributed by atoms with van der Waals surface area (Å²) in [5.41, 5.74) is 6.33. The zero-order valence-electron chi connectivity index (χ0n) is 10.4. The number of piperidine rings is 1. The van der Waals surface area contributed by atoms with Crippen molar-refractivity contribution in [2.75, 3.05) is 13.1 Å². The standard InChI is InChI=1S/C12H16BrN3O2S/c13-10-4-8(7-19-10)5-15-11(17)9-2-1-3-16(6-9)12(14)18/h4,7,9H,1-3,5-6H2,(H2,14,18)(H,15,17). The number of primary amides is 1. The lowest BCUT2D eigenvalue weighted by Crippen LogP contribution is -2.47. The molecule has 3 N–H and O–H groups in total. The zero-order chi connectivity index (χ0) is 13.8. The number of nitrogens with zero attached hydrogens (tertiary/aromatic N) is 1. The largest absolute Gasteiger partial charge is 0.352 e. The van der Waals surface area contributed by atoms with Crippen molar-refractivity contribution < 1.29 is 9.59 Å². The Morgan fingerprint density at radius 1 is 1.58 bits per heavy atom. The predicted octanol–water partition coefficient (Wildman–Crippen LogP) is 1.92. The maximum atomic E-state index is 12.0. The van der Waals surface area contributed by atoms with Crippen molar-refractivity contribution in [1.82, 2.24) is 10.2 Å². The van der Waals surface area contributed by atoms with Gasteiger partial charge in [-0.15, -0.1) is 11.3 Å². The van der Waals surface area contributed by atoms with Gasteiger partial charge in [-0.05, 0) is 45.8 Å². The third kappa shape index (κ3) is 3.94. The number of urea groups is 1. The van der Waals surface area contributed by atoms with E-state index in [4.69, 9.17) is 5.73 Å². The number of nitrogens with one attached hydrogen (secondary N) is 1. The van der Waals surface area contributed by atoms with E-state index >= 15 is 0 Å². The zero-order valence-corrected chi connectivity index (χ0v) is 12.8. The molecule has 1 aliphatic rings. The van der Waals surface area contributed by atoms with Gasteiger partial charge in [-0.1, -0.05) is 0 Å². The number of thiophene rings is 1. The van der Waals surface area contributed by atoms with Crippen molar-refractivity contribution in [1.29, 1.82) is 0 Å². The van der Waals surface area contributed by atoms with Crippen LogP contribution < -0.4 is 11.1 Å². The highest BCUT2D eigenvalue weighted by atomic mass is 79.9. The molecule has 0 saturated carbocycles. The van der Waals surface area contributed by atoms with Crippen LogP contribution in [0.2, 0.25) is 0 Å². The van der Waals surface area contributed by atoms with E-state index < -0.39 is 6.03 Å². The van der Waals surface area contributed by atoms with Crippen LogP contribution in [0.4, 0.5) is 4.79 Å². The number of likely N-dealkylation sites (tertiary alicyclic amines) is 1. The molecular weight excluding hydrogens is 330 g/mol. The van der Waals surface area contributed by atoms with Crippen molar-refractivity contribution in [2.24, 2.45) is 11.7 Å². The molecule has 1 aromatic heterocycles. The Kier molecular flexibility index (Phi) is 4.81. The van der Waals surface area contributed by atoms with Gasteiger partial charge >= 0.3 is 6.03 Å². The summed E-state index contributed by atoms with van der Waals surface area (Å²) in [6, 6.07) is 1.54. The van der Waals surface area contributed by atoms with Gasteiger partial charge in [0.1, 0.15) is 0 Å². The van der Waals surface area contributed by atoms with Gasteiger partial charge in [0.2, 0.25) is 5.91 Å². The number of hydrogen-bond acceptors (Lipinski definition) is 3. The second-order valence-corrected chi connectivity index (χ2v) is 6.89. The number of carbonyl (C=O) groups is 2. The molecule has 2 heterocycles. The Balaban J connectivity index is 1.84. The van der Waals surface area contributed by atoms with E-state index in [-0.39, 0.29) is 11.8 Å². The van der Waals surface area contributed by atoms with Crippen LogP contribution in [0.5, 0.6) is 0 Å². The summed E-state index contributed by atoms with van der Waals surface area (Å²) in [6.07, 6.45) is 1.63. The van der Waals surface area contributed by atoms with E-state index in [2.05, 4.69) is 21.2 Å². The molecule has 7 heteroatoms. The summed E-state index contributed by atoms with van der Waals surface area (Å²) in [4.78, 5) is 24.7. The molecule has 0 aliphatic carbocycles. The van der Waals surface area contributed by atoms with Crippen LogP contribution >= 0.6 is 27.3 Å². The molecule has 1 saturated heterocycles. The van der Waals surface area contributed by atoms with Gasteiger partial charge in [0.25, 0.3) is 0 Å². The van der Waals surface area contributed by atoms with Crippen molar-refractivity contribution in [2.45, 2.75) is 19.4 Å². The quantitative estimate of drug-likeness (QED) is 0.877. The average Bonchev–Trinajstić information content (AvgIpc) is 2.82. The first-order valence-corrected chi connectivity index (χ1v) is 7.78. The van der Waals surface area contributed by atoms with Crippen LogP contribution in [0.25, 0.3) is 0 Å². The summed E-state index contributed by atoms with van der Waals surface area (Å²) < 4.78 is 1.05. The van der Waals surface area contributed by atoms with Gasteiger partial charge in [-0.25, -0.2) is 4.79 Å². The third-order valence-electron chi connectivity index (χ3n) is 3.19. The molecule has 1 unspecified atom stereocenters. The van der Waals surface area contributed by atoms with E-state index in [9.17, 15) is 9.59 Å². The van der Waals surface area contributed by atoms with Crippen LogP contribution in [0.1, 0.15) is 18.4 Å². The van der Waals surface area contributed by atoms with Crippen molar-refractivity contribution in [3.05, 3.63) is 20.8 Å². The fourth-order valence-corrected chi connectivity index (χ4v) is 3.37. The molecule has 0 spiro atoms. The summed E-state index contributed by atoms with van der Waals surface area (Å²) in [5, 5.41) is 4.91. The number of amides is 3. The highest BCUT2D eigenvalue weighted by molar-refractivity contribution is 9.11. The lowest BCUT2D eigenvalue weighted by molar-refractivity contribution is -0.126. The minimum Gasteiger partial charge on any atom is -0.352 e. The molecule has 1 aliphatic heterocycles. The fraction of sp³-hybridized carbons (Fsp3) is 0.500. The Hall–Kier alpha value is -1.08. The molecule has 19 heavy (non-hydrogen) atoms. The van der Waals surface area contributed by atoms with Gasteiger partial charge in [-0.2, -0.15) is 0 Å². The van der Waals surface area contributed by atoms with Gasteiger partial charge in [0.05, 0.1) is 9.70 Å². The van der Waals surface area contributed by atoms with E-state index in [0.29, 0.717) is 19.6 Å². The van der Waals surface area contributed by atoms with Crippen LogP contribution in [0, 0.1) is 5.92 Å². The third-order valence-corrected chi connectivity index (χ3v) is 4.75. The molecule has 0 bridgehead atoms. The number of rotatable bonds is 3. The Morgan fingerprint density at radius 2 is 2.37 bits per heavy atom. The lowest BCUT2D eigenvalue weighted by Gasteiger charge is -2.30. The summed E-state index contributed by atoms with van der Waals surface area (Å²) in [6.45, 7) is 1.60. The second-order valence-electron chi connectivity index (χ2n) is 4.60. The number of hydrogen-bond donors (Lipinski definition) is 2. The smallest absolute Gasteiger partial charge is 0.314 e. The molecular formula is C12H16BrN3O2S. The van der Waals surface area contributed by atoms with Crippen LogP contribution in [0.15, 0.2) is 15.2 Å². The normalized spacial score (nSPS) is 19.2. The van der Waals surface area contributed by atoms with E-state index in [1.54, 1.807) is 11.3 Å². The number of halogens is 1. The minimum atomic E-state index is -0.445. The van der Waals surface area contributed by atoms with Crippen molar-refractivity contribution in [3.63, 3.8) is 0 Å². The number of nitrogens with two attached hydrogens (primary N) is 1. The van der Waals surface area contributed by atoms with Crippen molar-refractivity contribution >= 4 is 39.2 Å². The van der Waals surface area contributed by atoms with E-state index in [1.165, 1.54) is 4.90 Å². The summed E-state index contributed by atoms with van der Waals surface area (Å²) >= 11 is 4.98. The molecule has 104 valence electrons. The first-order valence-electron chi connectivity index (χ1n) is 6.11. The maximum absolute atomic E-state index is 12.0. The minimum absolute atomic E-state index is 0.00623. The first kappa shape index (κ1) is 14.3. The summed E-state index contributed by atoms with van der Waals surface area (Å²) in [7, 11) is 0. The van der Waals surface area contributed by atoms with Crippen molar-refractivity contribution in [3.8, 4) is 0 Å². The molecule has 2 rings (SSSR count). The van der Waals surface area contributed by atoms with Gasteiger partial charge < -0.3 is 16.0 Å². The monoisotopic (exact) mass is 345 g/mol. The highest BCUT2D eigenvalue weighted by Gasteiger charge is 2.27. The fourth-order valence-electron chi connectivity index (χ4n) is 2.16. The molecule has 1 atom stereocenters. The van der Waals surface area contributed by atoms with Crippen LogP contribution in [-0.4, -0.2) is 29.9 Å². The van der Waals surface area contributed by atoms with Gasteiger partial charge in [-0.3, -0.25) is 4.79 Å². The number of carbonyl (C=O) groups excluding carboxylic acids is 2. The van der Waals surface area contributed by atoms with Crippen LogP contribution in [0.3, 0.4) is 0 Å². The van der Waals surface area contributed by atoms with E-state index in [1.807, 2.05) is 11.4 Å². The Bertz CT molecular complexity index is 477. The van der Waals surface area contributed by atoms with Gasteiger partial charge in [0.15, 0.2) is 0 Å². The molecule has 0 aromatic carbocycles. The SMILES string of the molecule is NC(=O)N1CCCC(C(=O)NCc2csc(Br)c2)C1. The molecule has 1 aromatic rings. The average molecular weight is 346 g/mol. The Labute approximate surface area is 124 Å². The molecule has 1 fully saturated rings. The second kappa shape index (κ2) is 6.38. The maximum Gasteiger partial charge on any atom is 0.314 e. The summed E-state index contributed by atoms with van der Waals surface area (Å²) in [5.74, 6) is -0.156. The molecule has 0 radical (unpaired) electrons.